The molecule has 2 atom stereocenters. The van der Waals surface area contributed by atoms with E-state index < -0.39 is 0 Å². The summed E-state index contributed by atoms with van der Waals surface area (Å²) in [5.41, 5.74) is 4.40. The molecule has 0 bridgehead atoms. The molecule has 0 aromatic heterocycles. The van der Waals surface area contributed by atoms with Gasteiger partial charge in [-0.15, -0.1) is 0 Å². The van der Waals surface area contributed by atoms with Crippen molar-refractivity contribution >= 4 is 6.72 Å². The number of rotatable bonds is 3. The lowest BCUT2D eigenvalue weighted by atomic mass is 9.79. The number of nitrogens with zero attached hydrogens (tertiary/aromatic N) is 1. The highest BCUT2D eigenvalue weighted by Gasteiger charge is 2.19. The van der Waals surface area contributed by atoms with Crippen LogP contribution in [0.1, 0.15) is 52.9 Å². The minimum atomic E-state index is 0.697. The standard InChI is InChI=1S/C14H26N2/c1-11(2)13-7-5-6-12(3)14(9-8-13)10-16-15-4/h10-13,16H,4-9H2,1-3H3/b14-10-. The van der Waals surface area contributed by atoms with E-state index >= 15 is 0 Å². The van der Waals surface area contributed by atoms with Crippen LogP contribution < -0.4 is 5.43 Å². The van der Waals surface area contributed by atoms with E-state index in [1.165, 1.54) is 37.7 Å². The molecule has 16 heavy (non-hydrogen) atoms. The first kappa shape index (κ1) is 13.3. The highest BCUT2D eigenvalue weighted by molar-refractivity contribution is 5.22. The predicted molar refractivity (Wildman–Crippen MR) is 71.3 cm³/mol. The Bertz CT molecular complexity index is 243. The second-order valence-corrected chi connectivity index (χ2v) is 5.38. The molecule has 92 valence electrons. The highest BCUT2D eigenvalue weighted by atomic mass is 15.3. The van der Waals surface area contributed by atoms with Crippen LogP contribution in [0.4, 0.5) is 0 Å². The van der Waals surface area contributed by atoms with Gasteiger partial charge in [0.05, 0.1) is 0 Å². The Hall–Kier alpha value is -0.790. The topological polar surface area (TPSA) is 24.4 Å². The molecule has 1 rings (SSSR count). The van der Waals surface area contributed by atoms with Crippen molar-refractivity contribution in [2.24, 2.45) is 22.9 Å². The van der Waals surface area contributed by atoms with Crippen molar-refractivity contribution in [1.82, 2.24) is 5.43 Å². The fraction of sp³-hybridized carbons (Fsp3) is 0.786. The third kappa shape index (κ3) is 3.99. The maximum Gasteiger partial charge on any atom is 0.0194 e. The lowest BCUT2D eigenvalue weighted by Crippen LogP contribution is -2.15. The Morgan fingerprint density at radius 2 is 2.12 bits per heavy atom. The van der Waals surface area contributed by atoms with Gasteiger partial charge in [0.2, 0.25) is 0 Å². The summed E-state index contributed by atoms with van der Waals surface area (Å²) < 4.78 is 0. The van der Waals surface area contributed by atoms with E-state index in [2.05, 4.69) is 44.2 Å². The van der Waals surface area contributed by atoms with Gasteiger partial charge in [0.1, 0.15) is 0 Å². The first-order valence-corrected chi connectivity index (χ1v) is 6.55. The molecule has 1 saturated carbocycles. The molecule has 2 nitrogen and oxygen atoms in total. The molecule has 1 fully saturated rings. The highest BCUT2D eigenvalue weighted by Crippen LogP contribution is 2.32. The molecule has 0 spiro atoms. The second-order valence-electron chi connectivity index (χ2n) is 5.38. The molecule has 2 heteroatoms. The predicted octanol–water partition coefficient (Wildman–Crippen LogP) is 3.95. The van der Waals surface area contributed by atoms with E-state index in [0.717, 1.165) is 11.8 Å². The molecule has 0 saturated heterocycles. The van der Waals surface area contributed by atoms with Gasteiger partial charge in [-0.3, -0.25) is 5.43 Å². The van der Waals surface area contributed by atoms with E-state index in [1.54, 1.807) is 0 Å². The Morgan fingerprint density at radius 3 is 2.75 bits per heavy atom. The van der Waals surface area contributed by atoms with Gasteiger partial charge in [0.15, 0.2) is 0 Å². The number of hydrogen-bond donors (Lipinski definition) is 1. The zero-order valence-corrected chi connectivity index (χ0v) is 11.0. The lowest BCUT2D eigenvalue weighted by Gasteiger charge is -2.27. The van der Waals surface area contributed by atoms with Crippen LogP contribution in [0.5, 0.6) is 0 Å². The summed E-state index contributed by atoms with van der Waals surface area (Å²) in [6.45, 7) is 10.5. The van der Waals surface area contributed by atoms with Crippen molar-refractivity contribution in [2.75, 3.05) is 0 Å². The normalized spacial score (nSPS) is 29.9. The summed E-state index contributed by atoms with van der Waals surface area (Å²) in [5, 5.41) is 3.70. The maximum absolute atomic E-state index is 3.70. The second kappa shape index (κ2) is 6.72. The van der Waals surface area contributed by atoms with Crippen molar-refractivity contribution in [2.45, 2.75) is 52.9 Å². The van der Waals surface area contributed by atoms with Crippen molar-refractivity contribution in [3.63, 3.8) is 0 Å². The van der Waals surface area contributed by atoms with Crippen LogP contribution in [0.2, 0.25) is 0 Å². The Balaban J connectivity index is 2.60. The van der Waals surface area contributed by atoms with Crippen LogP contribution in [-0.2, 0) is 0 Å². The smallest absolute Gasteiger partial charge is 0.0194 e. The minimum absolute atomic E-state index is 0.697. The average molecular weight is 222 g/mol. The monoisotopic (exact) mass is 222 g/mol. The van der Waals surface area contributed by atoms with Crippen LogP contribution in [0.15, 0.2) is 16.9 Å². The van der Waals surface area contributed by atoms with E-state index in [9.17, 15) is 0 Å². The third-order valence-electron chi connectivity index (χ3n) is 3.93. The fourth-order valence-electron chi connectivity index (χ4n) is 2.62. The Kier molecular flexibility index (Phi) is 5.58. The van der Waals surface area contributed by atoms with Gasteiger partial charge < -0.3 is 0 Å². The molecule has 1 aliphatic rings. The van der Waals surface area contributed by atoms with Gasteiger partial charge in [-0.05, 0) is 42.6 Å². The van der Waals surface area contributed by atoms with Gasteiger partial charge in [0, 0.05) is 12.9 Å². The number of allylic oxidation sites excluding steroid dienone is 1. The third-order valence-corrected chi connectivity index (χ3v) is 3.93. The lowest BCUT2D eigenvalue weighted by molar-refractivity contribution is 0.300. The van der Waals surface area contributed by atoms with Crippen LogP contribution in [-0.4, -0.2) is 6.72 Å². The molecule has 0 radical (unpaired) electrons. The molecule has 0 amide bonds. The summed E-state index contributed by atoms with van der Waals surface area (Å²) in [6, 6.07) is 0. The average Bonchev–Trinajstić information content (AvgIpc) is 2.22. The van der Waals surface area contributed by atoms with Crippen LogP contribution in [0.25, 0.3) is 0 Å². The molecule has 1 aliphatic carbocycles. The summed E-state index contributed by atoms with van der Waals surface area (Å²) in [5.74, 6) is 2.41. The van der Waals surface area contributed by atoms with Gasteiger partial charge in [-0.1, -0.05) is 33.6 Å². The molecular weight excluding hydrogens is 196 g/mol. The molecule has 0 heterocycles. The SMILES string of the molecule is C=NN/C=C1/CCC(C(C)C)CCCC1C. The van der Waals surface area contributed by atoms with E-state index in [0.29, 0.717) is 5.92 Å². The zero-order chi connectivity index (χ0) is 12.0. The van der Waals surface area contributed by atoms with E-state index in [4.69, 9.17) is 0 Å². The Labute approximate surface area is 100 Å². The number of nitrogens with one attached hydrogen (secondary N) is 1. The van der Waals surface area contributed by atoms with Crippen LogP contribution >= 0.6 is 0 Å². The fourth-order valence-corrected chi connectivity index (χ4v) is 2.62. The number of hydrogen-bond acceptors (Lipinski definition) is 2. The molecule has 0 aliphatic heterocycles. The molecule has 2 unspecified atom stereocenters. The van der Waals surface area contributed by atoms with Crippen molar-refractivity contribution < 1.29 is 0 Å². The summed E-state index contributed by atoms with van der Waals surface area (Å²) in [7, 11) is 0. The summed E-state index contributed by atoms with van der Waals surface area (Å²) in [6.07, 6.45) is 8.68. The summed E-state index contributed by atoms with van der Waals surface area (Å²) >= 11 is 0. The Morgan fingerprint density at radius 1 is 1.38 bits per heavy atom. The van der Waals surface area contributed by atoms with Crippen molar-refractivity contribution in [1.29, 1.82) is 0 Å². The molecule has 0 aromatic rings. The van der Waals surface area contributed by atoms with Gasteiger partial charge in [-0.2, -0.15) is 5.10 Å². The first-order valence-electron chi connectivity index (χ1n) is 6.55. The quantitative estimate of drug-likeness (QED) is 0.567. The molecule has 1 N–H and O–H groups in total. The van der Waals surface area contributed by atoms with Gasteiger partial charge in [0.25, 0.3) is 0 Å². The van der Waals surface area contributed by atoms with Gasteiger partial charge in [-0.25, -0.2) is 0 Å². The van der Waals surface area contributed by atoms with Gasteiger partial charge >= 0.3 is 0 Å². The summed E-state index contributed by atoms with van der Waals surface area (Å²) in [4.78, 5) is 0. The number of hydrazone groups is 1. The largest absolute Gasteiger partial charge is 0.286 e. The zero-order valence-electron chi connectivity index (χ0n) is 11.0. The van der Waals surface area contributed by atoms with E-state index in [1.807, 2.05) is 0 Å². The van der Waals surface area contributed by atoms with Crippen LogP contribution in [0, 0.1) is 17.8 Å². The minimum Gasteiger partial charge on any atom is -0.286 e. The van der Waals surface area contributed by atoms with Crippen molar-refractivity contribution in [3.8, 4) is 0 Å². The van der Waals surface area contributed by atoms with Crippen molar-refractivity contribution in [3.05, 3.63) is 11.8 Å². The van der Waals surface area contributed by atoms with Crippen LogP contribution in [0.3, 0.4) is 0 Å². The van der Waals surface area contributed by atoms with E-state index in [-0.39, 0.29) is 0 Å². The molecule has 0 aromatic carbocycles. The maximum atomic E-state index is 3.70. The molecular formula is C14H26N2. The first-order chi connectivity index (χ1) is 7.65.